The smallest absolute Gasteiger partial charge is 0.263 e. The maximum atomic E-state index is 13.0. The number of aliphatic hydroxyl groups is 1. The quantitative estimate of drug-likeness (QED) is 0.908. The van der Waals surface area contributed by atoms with Gasteiger partial charge in [0.1, 0.15) is 5.82 Å². The Morgan fingerprint density at radius 1 is 1.25 bits per heavy atom. The molecule has 5 heteroatoms. The second-order valence-corrected chi connectivity index (χ2v) is 7.73. The Morgan fingerprint density at radius 3 is 2.42 bits per heavy atom. The maximum absolute atomic E-state index is 13.0. The molecular formula is C19H22FNO2S. The van der Waals surface area contributed by atoms with E-state index in [0.717, 1.165) is 28.8 Å². The van der Waals surface area contributed by atoms with Gasteiger partial charge < -0.3 is 10.0 Å². The highest BCUT2D eigenvalue weighted by molar-refractivity contribution is 7.14. The zero-order valence-corrected chi connectivity index (χ0v) is 14.8. The van der Waals surface area contributed by atoms with E-state index in [1.807, 2.05) is 24.8 Å². The summed E-state index contributed by atoms with van der Waals surface area (Å²) in [4.78, 5) is 16.4. The van der Waals surface area contributed by atoms with Crippen molar-refractivity contribution in [3.8, 4) is 0 Å². The number of carbonyl (C=O) groups excluding carboxylic acids is 1. The van der Waals surface area contributed by atoms with Gasteiger partial charge in [0.2, 0.25) is 0 Å². The topological polar surface area (TPSA) is 40.5 Å². The average molecular weight is 347 g/mol. The first kappa shape index (κ1) is 17.1. The van der Waals surface area contributed by atoms with Crippen molar-refractivity contribution in [1.29, 1.82) is 0 Å². The lowest BCUT2D eigenvalue weighted by Gasteiger charge is -2.34. The third-order valence-electron chi connectivity index (χ3n) is 4.86. The molecule has 1 unspecified atom stereocenters. The predicted octanol–water partition coefficient (Wildman–Crippen LogP) is 4.09. The molecule has 128 valence electrons. The molecule has 0 saturated carbocycles. The van der Waals surface area contributed by atoms with E-state index >= 15 is 0 Å². The van der Waals surface area contributed by atoms with E-state index in [-0.39, 0.29) is 17.6 Å². The average Bonchev–Trinajstić information content (AvgIpc) is 2.93. The molecule has 3 nitrogen and oxygen atoms in total. The van der Waals surface area contributed by atoms with Gasteiger partial charge in [-0.2, -0.15) is 0 Å². The minimum Gasteiger partial charge on any atom is -0.388 e. The molecule has 2 heterocycles. The van der Waals surface area contributed by atoms with Gasteiger partial charge in [0.25, 0.3) is 5.91 Å². The normalized spacial score (nSPS) is 17.1. The van der Waals surface area contributed by atoms with E-state index in [1.165, 1.54) is 17.0 Å². The molecule has 0 radical (unpaired) electrons. The highest BCUT2D eigenvalue weighted by atomic mass is 32.1. The van der Waals surface area contributed by atoms with Crippen LogP contribution in [0.15, 0.2) is 30.3 Å². The number of carbonyl (C=O) groups is 1. The first-order valence-corrected chi connectivity index (χ1v) is 9.07. The first-order valence-electron chi connectivity index (χ1n) is 8.25. The van der Waals surface area contributed by atoms with Crippen LogP contribution in [-0.4, -0.2) is 29.0 Å². The molecule has 0 bridgehead atoms. The fourth-order valence-electron chi connectivity index (χ4n) is 3.18. The highest BCUT2D eigenvalue weighted by Gasteiger charge is 2.29. The molecule has 1 aromatic heterocycles. The fraction of sp³-hybridized carbons (Fsp3) is 0.421. The molecule has 1 amide bonds. The van der Waals surface area contributed by atoms with Gasteiger partial charge in [-0.15, -0.1) is 11.3 Å². The molecule has 24 heavy (non-hydrogen) atoms. The number of rotatable bonds is 3. The van der Waals surface area contributed by atoms with E-state index in [1.54, 1.807) is 23.5 Å². The van der Waals surface area contributed by atoms with Crippen molar-refractivity contribution in [2.75, 3.05) is 13.1 Å². The zero-order valence-electron chi connectivity index (χ0n) is 14.0. The molecule has 1 aliphatic rings. The number of thiophene rings is 1. The second-order valence-electron chi connectivity index (χ2n) is 6.48. The summed E-state index contributed by atoms with van der Waals surface area (Å²) in [5.41, 5.74) is 1.90. The van der Waals surface area contributed by atoms with Crippen LogP contribution in [0.2, 0.25) is 0 Å². The third-order valence-corrected chi connectivity index (χ3v) is 6.00. The van der Waals surface area contributed by atoms with E-state index < -0.39 is 6.10 Å². The number of aryl methyl sites for hydroxylation is 2. The van der Waals surface area contributed by atoms with Crippen LogP contribution in [0.25, 0.3) is 0 Å². The number of halogens is 1. The van der Waals surface area contributed by atoms with E-state index in [9.17, 15) is 14.3 Å². The number of piperidine rings is 1. The Balaban J connectivity index is 1.61. The van der Waals surface area contributed by atoms with Crippen molar-refractivity contribution >= 4 is 17.2 Å². The number of aliphatic hydroxyl groups excluding tert-OH is 1. The van der Waals surface area contributed by atoms with Gasteiger partial charge in [-0.1, -0.05) is 12.1 Å². The number of nitrogens with zero attached hydrogens (tertiary/aromatic N) is 1. The minimum atomic E-state index is -0.603. The summed E-state index contributed by atoms with van der Waals surface area (Å²) in [7, 11) is 0. The molecular weight excluding hydrogens is 325 g/mol. The minimum absolute atomic E-state index is 0.0888. The van der Waals surface area contributed by atoms with Crippen molar-refractivity contribution in [3.63, 3.8) is 0 Å². The predicted molar refractivity (Wildman–Crippen MR) is 93.8 cm³/mol. The summed E-state index contributed by atoms with van der Waals surface area (Å²) >= 11 is 1.55. The Morgan fingerprint density at radius 2 is 1.88 bits per heavy atom. The number of hydrogen-bond acceptors (Lipinski definition) is 3. The van der Waals surface area contributed by atoms with Gasteiger partial charge in [0, 0.05) is 18.0 Å². The molecule has 1 N–H and O–H groups in total. The van der Waals surface area contributed by atoms with Gasteiger partial charge in [-0.25, -0.2) is 4.39 Å². The van der Waals surface area contributed by atoms with Crippen LogP contribution in [0, 0.1) is 25.6 Å². The Labute approximate surface area is 145 Å². The van der Waals surface area contributed by atoms with Gasteiger partial charge in [0.15, 0.2) is 0 Å². The van der Waals surface area contributed by atoms with Crippen molar-refractivity contribution in [2.45, 2.75) is 32.8 Å². The summed E-state index contributed by atoms with van der Waals surface area (Å²) in [6, 6.07) is 7.97. The van der Waals surface area contributed by atoms with Crippen LogP contribution in [-0.2, 0) is 0 Å². The monoisotopic (exact) mass is 347 g/mol. The van der Waals surface area contributed by atoms with Crippen molar-refractivity contribution in [2.24, 2.45) is 5.92 Å². The van der Waals surface area contributed by atoms with Crippen LogP contribution in [0.1, 0.15) is 44.6 Å². The lowest BCUT2D eigenvalue weighted by Crippen LogP contribution is -2.39. The van der Waals surface area contributed by atoms with Crippen molar-refractivity contribution in [3.05, 3.63) is 57.0 Å². The Hall–Kier alpha value is -1.72. The van der Waals surface area contributed by atoms with Crippen molar-refractivity contribution in [1.82, 2.24) is 4.90 Å². The lowest BCUT2D eigenvalue weighted by molar-refractivity contribution is 0.0465. The molecule has 1 saturated heterocycles. The number of amides is 1. The van der Waals surface area contributed by atoms with Crippen molar-refractivity contribution < 1.29 is 14.3 Å². The van der Waals surface area contributed by atoms with Crippen LogP contribution in [0.4, 0.5) is 4.39 Å². The van der Waals surface area contributed by atoms with Gasteiger partial charge in [0.05, 0.1) is 11.0 Å². The summed E-state index contributed by atoms with van der Waals surface area (Å²) in [5, 5.41) is 10.5. The first-order chi connectivity index (χ1) is 11.5. The third kappa shape index (κ3) is 3.52. The molecule has 1 atom stereocenters. The molecule has 1 fully saturated rings. The van der Waals surface area contributed by atoms with Crippen LogP contribution < -0.4 is 0 Å². The highest BCUT2D eigenvalue weighted by Crippen LogP contribution is 2.32. The SMILES string of the molecule is Cc1cc(C(=O)N2CCC(C(O)c3ccc(F)cc3)CC2)sc1C. The number of hydrogen-bond donors (Lipinski definition) is 1. The molecule has 1 aliphatic heterocycles. The van der Waals surface area contributed by atoms with E-state index in [4.69, 9.17) is 0 Å². The molecule has 3 rings (SSSR count). The van der Waals surface area contributed by atoms with Gasteiger partial charge >= 0.3 is 0 Å². The number of likely N-dealkylation sites (tertiary alicyclic amines) is 1. The largest absolute Gasteiger partial charge is 0.388 e. The Bertz CT molecular complexity index is 698. The molecule has 1 aromatic carbocycles. The fourth-order valence-corrected chi connectivity index (χ4v) is 4.19. The molecule has 2 aromatic rings. The van der Waals surface area contributed by atoms with Gasteiger partial charge in [-0.3, -0.25) is 4.79 Å². The van der Waals surface area contributed by atoms with Crippen LogP contribution in [0.3, 0.4) is 0 Å². The zero-order chi connectivity index (χ0) is 17.3. The maximum Gasteiger partial charge on any atom is 0.263 e. The number of benzene rings is 1. The van der Waals surface area contributed by atoms with Crippen LogP contribution in [0.5, 0.6) is 0 Å². The lowest BCUT2D eigenvalue weighted by atomic mass is 9.87. The van der Waals surface area contributed by atoms with Crippen LogP contribution >= 0.6 is 11.3 Å². The summed E-state index contributed by atoms with van der Waals surface area (Å²) in [6.07, 6.45) is 0.912. The summed E-state index contributed by atoms with van der Waals surface area (Å²) in [6.45, 7) is 5.35. The second kappa shape index (κ2) is 7.03. The van der Waals surface area contributed by atoms with E-state index in [2.05, 4.69) is 0 Å². The molecule has 0 aliphatic carbocycles. The summed E-state index contributed by atoms with van der Waals surface area (Å²) < 4.78 is 13.0. The van der Waals surface area contributed by atoms with E-state index in [0.29, 0.717) is 13.1 Å². The standard InChI is InChI=1S/C19H22FNO2S/c1-12-11-17(24-13(12)2)19(23)21-9-7-15(8-10-21)18(22)14-3-5-16(20)6-4-14/h3-6,11,15,18,22H,7-10H2,1-2H3. The Kier molecular flexibility index (Phi) is 5.01. The molecule has 0 spiro atoms. The summed E-state index contributed by atoms with van der Waals surface area (Å²) in [5.74, 6) is -0.106. The van der Waals surface area contributed by atoms with Gasteiger partial charge in [-0.05, 0) is 61.9 Å².